The van der Waals surface area contributed by atoms with Crippen LogP contribution in [0.15, 0.2) is 61.6 Å². The summed E-state index contributed by atoms with van der Waals surface area (Å²) in [6.07, 6.45) is 17.2. The molecule has 5 heteroatoms. The Balaban J connectivity index is 1.28. The monoisotopic (exact) mass is 451 g/mol. The maximum atomic E-state index is 4.64. The van der Waals surface area contributed by atoms with E-state index in [2.05, 4.69) is 82.5 Å². The molecular formula is C29H33N5. The summed E-state index contributed by atoms with van der Waals surface area (Å²) in [5.74, 6) is 1.60. The molecule has 0 unspecified atom stereocenters. The van der Waals surface area contributed by atoms with Crippen molar-refractivity contribution in [1.29, 1.82) is 0 Å². The first-order valence-electron chi connectivity index (χ1n) is 12.1. The number of fused-ring (bicyclic) bond motifs is 1. The molecule has 0 radical (unpaired) electrons. The first-order valence-corrected chi connectivity index (χ1v) is 12.1. The van der Waals surface area contributed by atoms with E-state index in [0.29, 0.717) is 0 Å². The number of likely N-dealkylation sites (tertiary alicyclic amines) is 1. The number of rotatable bonds is 6. The van der Waals surface area contributed by atoms with Crippen molar-refractivity contribution < 1.29 is 0 Å². The fourth-order valence-corrected chi connectivity index (χ4v) is 4.82. The molecule has 174 valence electrons. The number of aromatic nitrogens is 3. The Kier molecular flexibility index (Phi) is 6.45. The van der Waals surface area contributed by atoms with Gasteiger partial charge in [-0.2, -0.15) is 5.10 Å². The van der Waals surface area contributed by atoms with E-state index in [9.17, 15) is 0 Å². The molecule has 34 heavy (non-hydrogen) atoms. The SMILES string of the molecule is C=C(Nc1cc2c(cn1)=CCC=C(c1cnn(C)c1)C=2)c1ccc(CC2CCN(C)CC2)cc1. The minimum atomic E-state index is 0.797. The van der Waals surface area contributed by atoms with E-state index < -0.39 is 0 Å². The van der Waals surface area contributed by atoms with Gasteiger partial charge in [-0.1, -0.05) is 43.0 Å². The minimum absolute atomic E-state index is 0.797. The Morgan fingerprint density at radius 1 is 1.06 bits per heavy atom. The van der Waals surface area contributed by atoms with Crippen LogP contribution < -0.4 is 15.8 Å². The zero-order valence-electron chi connectivity index (χ0n) is 20.2. The van der Waals surface area contributed by atoms with Crippen molar-refractivity contribution in [2.24, 2.45) is 13.0 Å². The summed E-state index contributed by atoms with van der Waals surface area (Å²) in [6.45, 7) is 6.70. The maximum absolute atomic E-state index is 4.64. The zero-order valence-corrected chi connectivity index (χ0v) is 20.2. The van der Waals surface area contributed by atoms with Crippen LogP contribution in [0, 0.1) is 5.92 Å². The quantitative estimate of drug-likeness (QED) is 0.619. The second-order valence-corrected chi connectivity index (χ2v) is 9.60. The summed E-state index contributed by atoms with van der Waals surface area (Å²) >= 11 is 0. The van der Waals surface area contributed by atoms with Crippen molar-refractivity contribution in [3.8, 4) is 0 Å². The molecule has 3 aromatic rings. The molecule has 5 rings (SSSR count). The van der Waals surface area contributed by atoms with Crippen LogP contribution in [0.25, 0.3) is 23.4 Å². The van der Waals surface area contributed by atoms with E-state index in [4.69, 9.17) is 0 Å². The summed E-state index contributed by atoms with van der Waals surface area (Å²) < 4.78 is 1.84. The van der Waals surface area contributed by atoms with Gasteiger partial charge < -0.3 is 10.2 Å². The fraction of sp³-hybridized carbons (Fsp3) is 0.310. The van der Waals surface area contributed by atoms with Gasteiger partial charge in [0, 0.05) is 30.7 Å². The second-order valence-electron chi connectivity index (χ2n) is 9.60. The zero-order chi connectivity index (χ0) is 23.5. The van der Waals surface area contributed by atoms with E-state index in [1.54, 1.807) is 0 Å². The molecule has 0 amide bonds. The minimum Gasteiger partial charge on any atom is -0.340 e. The van der Waals surface area contributed by atoms with Crippen molar-refractivity contribution >= 4 is 29.2 Å². The van der Waals surface area contributed by atoms with E-state index >= 15 is 0 Å². The molecule has 0 saturated carbocycles. The lowest BCUT2D eigenvalue weighted by molar-refractivity contribution is 0.219. The molecule has 0 spiro atoms. The topological polar surface area (TPSA) is 46.0 Å². The molecule has 1 N–H and O–H groups in total. The Morgan fingerprint density at radius 2 is 1.85 bits per heavy atom. The number of hydrogen-bond acceptors (Lipinski definition) is 4. The van der Waals surface area contributed by atoms with Crippen molar-refractivity contribution in [3.05, 3.63) is 88.7 Å². The van der Waals surface area contributed by atoms with Gasteiger partial charge in [-0.3, -0.25) is 4.68 Å². The van der Waals surface area contributed by atoms with Crippen molar-refractivity contribution in [2.75, 3.05) is 25.5 Å². The van der Waals surface area contributed by atoms with E-state index in [1.165, 1.54) is 43.5 Å². The number of benzene rings is 1. The first kappa shape index (κ1) is 22.4. The number of aryl methyl sites for hydroxylation is 1. The highest BCUT2D eigenvalue weighted by Gasteiger charge is 2.17. The Labute approximate surface area is 201 Å². The molecular weight excluding hydrogens is 418 g/mol. The number of hydrogen-bond donors (Lipinski definition) is 1. The highest BCUT2D eigenvalue weighted by molar-refractivity contribution is 5.89. The van der Waals surface area contributed by atoms with Gasteiger partial charge in [0.25, 0.3) is 0 Å². The summed E-state index contributed by atoms with van der Waals surface area (Å²) in [5.41, 5.74) is 5.67. The molecule has 0 bridgehead atoms. The van der Waals surface area contributed by atoms with Gasteiger partial charge in [0.1, 0.15) is 5.82 Å². The molecule has 1 aromatic carbocycles. The highest BCUT2D eigenvalue weighted by Crippen LogP contribution is 2.23. The molecule has 0 atom stereocenters. The first-order chi connectivity index (χ1) is 16.5. The fourth-order valence-electron chi connectivity index (χ4n) is 4.82. The number of nitrogens with one attached hydrogen (secondary N) is 1. The molecule has 5 nitrogen and oxygen atoms in total. The van der Waals surface area contributed by atoms with Crippen molar-refractivity contribution in [2.45, 2.75) is 25.7 Å². The Morgan fingerprint density at radius 3 is 2.59 bits per heavy atom. The number of piperidine rings is 1. The average molecular weight is 452 g/mol. The van der Waals surface area contributed by atoms with Crippen LogP contribution in [0.1, 0.15) is 36.0 Å². The molecule has 1 fully saturated rings. The second kappa shape index (κ2) is 9.82. The molecule has 2 aliphatic rings. The van der Waals surface area contributed by atoms with Gasteiger partial charge >= 0.3 is 0 Å². The van der Waals surface area contributed by atoms with Crippen LogP contribution >= 0.6 is 0 Å². The molecule has 1 aliphatic carbocycles. The van der Waals surface area contributed by atoms with E-state index in [1.807, 2.05) is 30.3 Å². The smallest absolute Gasteiger partial charge is 0.130 e. The van der Waals surface area contributed by atoms with Crippen LogP contribution in [0.5, 0.6) is 0 Å². The van der Waals surface area contributed by atoms with Crippen molar-refractivity contribution in [1.82, 2.24) is 19.7 Å². The van der Waals surface area contributed by atoms with E-state index in [-0.39, 0.29) is 0 Å². The maximum Gasteiger partial charge on any atom is 0.130 e. The van der Waals surface area contributed by atoms with Crippen LogP contribution in [-0.4, -0.2) is 39.8 Å². The predicted octanol–water partition coefficient (Wildman–Crippen LogP) is 3.83. The van der Waals surface area contributed by atoms with Crippen molar-refractivity contribution in [3.63, 3.8) is 0 Å². The summed E-state index contributed by atoms with van der Waals surface area (Å²) in [6, 6.07) is 10.9. The number of anilines is 1. The van der Waals surface area contributed by atoms with Gasteiger partial charge in [-0.25, -0.2) is 4.98 Å². The Hall–Kier alpha value is -3.44. The Bertz CT molecular complexity index is 1320. The van der Waals surface area contributed by atoms with Crippen LogP contribution in [0.2, 0.25) is 0 Å². The summed E-state index contributed by atoms with van der Waals surface area (Å²) in [4.78, 5) is 7.06. The number of pyridine rings is 1. The lowest BCUT2D eigenvalue weighted by Gasteiger charge is -2.29. The van der Waals surface area contributed by atoms with E-state index in [0.717, 1.165) is 45.4 Å². The van der Waals surface area contributed by atoms with Gasteiger partial charge in [0.05, 0.1) is 6.20 Å². The molecule has 2 aromatic heterocycles. The summed E-state index contributed by atoms with van der Waals surface area (Å²) in [7, 11) is 4.16. The third-order valence-electron chi connectivity index (χ3n) is 6.94. The lowest BCUT2D eigenvalue weighted by Crippen LogP contribution is -2.30. The van der Waals surface area contributed by atoms with Gasteiger partial charge in [-0.05, 0) is 91.0 Å². The summed E-state index contributed by atoms with van der Waals surface area (Å²) in [5, 5.41) is 10.0. The van der Waals surface area contributed by atoms with Gasteiger partial charge in [-0.15, -0.1) is 0 Å². The molecule has 3 heterocycles. The standard InChI is InChI=1S/C29H33N5/c1-21(24-9-7-22(8-10-24)15-23-11-13-33(2)14-12-23)32-29-17-27-16-25(28-19-31-34(3)20-28)5-4-6-26(27)18-30-29/h5-10,16-20,23,32H,1,4,11-15H2,2-3H3. The van der Waals surface area contributed by atoms with Crippen LogP contribution in [0.3, 0.4) is 0 Å². The predicted molar refractivity (Wildman–Crippen MR) is 141 cm³/mol. The number of nitrogens with zero attached hydrogens (tertiary/aromatic N) is 4. The van der Waals surface area contributed by atoms with Crippen LogP contribution in [0.4, 0.5) is 5.82 Å². The van der Waals surface area contributed by atoms with Crippen LogP contribution in [-0.2, 0) is 13.5 Å². The normalized spacial score (nSPS) is 16.6. The highest BCUT2D eigenvalue weighted by atomic mass is 15.2. The molecule has 1 saturated heterocycles. The molecule has 1 aliphatic heterocycles. The van der Waals surface area contributed by atoms with Gasteiger partial charge in [0.2, 0.25) is 0 Å². The average Bonchev–Trinajstić information content (AvgIpc) is 3.16. The third-order valence-corrected chi connectivity index (χ3v) is 6.94. The third kappa shape index (κ3) is 5.20. The van der Waals surface area contributed by atoms with Gasteiger partial charge in [0.15, 0.2) is 0 Å². The number of allylic oxidation sites excluding steroid dienone is 2. The largest absolute Gasteiger partial charge is 0.340 e. The lowest BCUT2D eigenvalue weighted by atomic mass is 9.90.